The van der Waals surface area contributed by atoms with Crippen LogP contribution in [0, 0.1) is 0 Å². The number of carbonyl (C=O) groups excluding carboxylic acids is 2. The van der Waals surface area contributed by atoms with Gasteiger partial charge < -0.3 is 14.2 Å². The number of amides is 1. The van der Waals surface area contributed by atoms with Gasteiger partial charge in [0, 0.05) is 0 Å². The molecule has 0 saturated heterocycles. The van der Waals surface area contributed by atoms with E-state index in [1.807, 2.05) is 42.5 Å². The molecule has 0 atom stereocenters. The van der Waals surface area contributed by atoms with Crippen molar-refractivity contribution in [3.63, 3.8) is 0 Å². The summed E-state index contributed by atoms with van der Waals surface area (Å²) in [7, 11) is 3.03. The van der Waals surface area contributed by atoms with Crippen LogP contribution in [0.15, 0.2) is 90.0 Å². The maximum Gasteiger partial charge on any atom is 0.343 e. The molecule has 0 aromatic heterocycles. The highest BCUT2D eigenvalue weighted by Crippen LogP contribution is 2.28. The van der Waals surface area contributed by atoms with Crippen LogP contribution >= 0.6 is 0 Å². The molecule has 1 amide bonds. The summed E-state index contributed by atoms with van der Waals surface area (Å²) in [6.45, 7) is 0. The largest absolute Gasteiger partial charge is 0.497 e. The van der Waals surface area contributed by atoms with Crippen LogP contribution in [0.1, 0.15) is 21.5 Å². The highest BCUT2D eigenvalue weighted by molar-refractivity contribution is 5.92. The first-order valence-corrected chi connectivity index (χ1v) is 10.9. The fourth-order valence-electron chi connectivity index (χ4n) is 3.57. The highest BCUT2D eigenvalue weighted by atomic mass is 16.6. The second-order valence-electron chi connectivity index (χ2n) is 7.64. The third-order valence-electron chi connectivity index (χ3n) is 5.35. The summed E-state index contributed by atoms with van der Waals surface area (Å²) in [5.74, 6) is 0.526. The molecule has 0 unspecified atom stereocenters. The van der Waals surface area contributed by atoms with Crippen molar-refractivity contribution in [1.29, 1.82) is 0 Å². The maximum atomic E-state index is 12.5. The minimum Gasteiger partial charge on any atom is -0.497 e. The molecule has 0 aliphatic carbocycles. The number of nitrogens with one attached hydrogen (secondary N) is 1. The Morgan fingerprint density at radius 1 is 0.857 bits per heavy atom. The SMILES string of the molecule is COc1ccc(C(=O)Oc2ccc(/C=N/NC(=O)Cc3cccc4ccccc34)cc2OC)cc1. The summed E-state index contributed by atoms with van der Waals surface area (Å²) in [6.07, 6.45) is 1.71. The van der Waals surface area contributed by atoms with Crippen molar-refractivity contribution in [3.05, 3.63) is 102 Å². The number of carbonyl (C=O) groups is 2. The normalized spacial score (nSPS) is 10.8. The molecule has 7 nitrogen and oxygen atoms in total. The van der Waals surface area contributed by atoms with E-state index in [0.29, 0.717) is 22.6 Å². The lowest BCUT2D eigenvalue weighted by Gasteiger charge is -2.10. The summed E-state index contributed by atoms with van der Waals surface area (Å²) >= 11 is 0. The van der Waals surface area contributed by atoms with E-state index in [1.54, 1.807) is 49.6 Å². The molecule has 0 aliphatic heterocycles. The lowest BCUT2D eigenvalue weighted by Crippen LogP contribution is -2.19. The Kier molecular flexibility index (Phi) is 7.37. The summed E-state index contributed by atoms with van der Waals surface area (Å²) in [4.78, 5) is 24.9. The molecule has 176 valence electrons. The first kappa shape index (κ1) is 23.5. The molecule has 35 heavy (non-hydrogen) atoms. The van der Waals surface area contributed by atoms with Gasteiger partial charge >= 0.3 is 5.97 Å². The number of hydrogen-bond donors (Lipinski definition) is 1. The zero-order chi connectivity index (χ0) is 24.6. The van der Waals surface area contributed by atoms with Crippen molar-refractivity contribution in [3.8, 4) is 17.2 Å². The number of methoxy groups -OCH3 is 2. The van der Waals surface area contributed by atoms with Gasteiger partial charge in [-0.25, -0.2) is 10.2 Å². The molecule has 4 rings (SSSR count). The minimum atomic E-state index is -0.520. The average molecular weight is 469 g/mol. The van der Waals surface area contributed by atoms with E-state index in [-0.39, 0.29) is 18.1 Å². The van der Waals surface area contributed by atoms with Crippen LogP contribution < -0.4 is 19.6 Å². The van der Waals surface area contributed by atoms with E-state index in [0.717, 1.165) is 16.3 Å². The van der Waals surface area contributed by atoms with Gasteiger partial charge in [0.1, 0.15) is 5.75 Å². The first-order chi connectivity index (χ1) is 17.1. The Bertz CT molecular complexity index is 1370. The molecular weight excluding hydrogens is 444 g/mol. The molecule has 0 aliphatic rings. The van der Waals surface area contributed by atoms with Gasteiger partial charge in [0.15, 0.2) is 11.5 Å². The number of fused-ring (bicyclic) bond motifs is 1. The summed E-state index contributed by atoms with van der Waals surface area (Å²) in [5, 5.41) is 6.17. The average Bonchev–Trinajstić information content (AvgIpc) is 2.89. The van der Waals surface area contributed by atoms with Gasteiger partial charge in [-0.3, -0.25) is 4.79 Å². The standard InChI is InChI=1S/C28H24N2O5/c1-33-23-13-11-21(12-14-23)28(32)35-25-15-10-19(16-26(25)34-2)18-29-30-27(31)17-22-8-5-7-20-6-3-4-9-24(20)22/h3-16,18H,17H2,1-2H3,(H,30,31)/b29-18+. The van der Waals surface area contributed by atoms with E-state index in [9.17, 15) is 9.59 Å². The van der Waals surface area contributed by atoms with Crippen molar-refractivity contribution in [2.24, 2.45) is 5.10 Å². The van der Waals surface area contributed by atoms with Gasteiger partial charge in [0.25, 0.3) is 0 Å². The second-order valence-corrected chi connectivity index (χ2v) is 7.64. The van der Waals surface area contributed by atoms with Crippen molar-refractivity contribution in [1.82, 2.24) is 5.43 Å². The Hall–Kier alpha value is -4.65. The van der Waals surface area contributed by atoms with Crippen LogP contribution in [0.3, 0.4) is 0 Å². The van der Waals surface area contributed by atoms with Gasteiger partial charge in [-0.05, 0) is 64.4 Å². The fraction of sp³-hybridized carbons (Fsp3) is 0.107. The van der Waals surface area contributed by atoms with Crippen LogP contribution in [-0.2, 0) is 11.2 Å². The van der Waals surface area contributed by atoms with Crippen LogP contribution in [0.5, 0.6) is 17.2 Å². The molecule has 0 bridgehead atoms. The Balaban J connectivity index is 1.38. The van der Waals surface area contributed by atoms with Gasteiger partial charge in [-0.1, -0.05) is 42.5 Å². The van der Waals surface area contributed by atoms with Crippen LogP contribution in [0.25, 0.3) is 10.8 Å². The smallest absolute Gasteiger partial charge is 0.343 e. The van der Waals surface area contributed by atoms with Crippen LogP contribution in [0.4, 0.5) is 0 Å². The van der Waals surface area contributed by atoms with E-state index in [1.165, 1.54) is 13.3 Å². The third-order valence-corrected chi connectivity index (χ3v) is 5.35. The third kappa shape index (κ3) is 5.83. The van der Waals surface area contributed by atoms with E-state index in [2.05, 4.69) is 10.5 Å². The van der Waals surface area contributed by atoms with Crippen molar-refractivity contribution < 1.29 is 23.8 Å². The molecule has 4 aromatic carbocycles. The lowest BCUT2D eigenvalue weighted by atomic mass is 10.0. The van der Waals surface area contributed by atoms with Crippen molar-refractivity contribution in [2.45, 2.75) is 6.42 Å². The minimum absolute atomic E-state index is 0.211. The molecule has 7 heteroatoms. The zero-order valence-corrected chi connectivity index (χ0v) is 19.4. The quantitative estimate of drug-likeness (QED) is 0.174. The Morgan fingerprint density at radius 2 is 1.63 bits per heavy atom. The topological polar surface area (TPSA) is 86.2 Å². The molecule has 4 aromatic rings. The van der Waals surface area contributed by atoms with Crippen LogP contribution in [-0.4, -0.2) is 32.3 Å². The monoisotopic (exact) mass is 468 g/mol. The number of esters is 1. The molecule has 0 saturated carbocycles. The number of benzene rings is 4. The molecule has 1 N–H and O–H groups in total. The summed E-state index contributed by atoms with van der Waals surface area (Å²) < 4.78 is 15.9. The van der Waals surface area contributed by atoms with Gasteiger partial charge in [-0.15, -0.1) is 0 Å². The molecule has 0 heterocycles. The number of hydrogen-bond acceptors (Lipinski definition) is 6. The van der Waals surface area contributed by atoms with Crippen molar-refractivity contribution >= 4 is 28.9 Å². The predicted molar refractivity (Wildman–Crippen MR) is 134 cm³/mol. The van der Waals surface area contributed by atoms with E-state index in [4.69, 9.17) is 14.2 Å². The van der Waals surface area contributed by atoms with Gasteiger partial charge in [-0.2, -0.15) is 5.10 Å². The number of ether oxygens (including phenoxy) is 3. The number of nitrogens with zero attached hydrogens (tertiary/aromatic N) is 1. The number of hydrazone groups is 1. The molecule has 0 fully saturated rings. The molecule has 0 spiro atoms. The number of rotatable bonds is 8. The summed E-state index contributed by atoms with van der Waals surface area (Å²) in [5.41, 5.74) is 4.53. The van der Waals surface area contributed by atoms with Crippen LogP contribution in [0.2, 0.25) is 0 Å². The lowest BCUT2D eigenvalue weighted by molar-refractivity contribution is -0.120. The molecular formula is C28H24N2O5. The van der Waals surface area contributed by atoms with E-state index >= 15 is 0 Å². The van der Waals surface area contributed by atoms with Gasteiger partial charge in [0.2, 0.25) is 5.91 Å². The van der Waals surface area contributed by atoms with E-state index < -0.39 is 5.97 Å². The first-order valence-electron chi connectivity index (χ1n) is 10.9. The second kappa shape index (κ2) is 11.0. The summed E-state index contributed by atoms with van der Waals surface area (Å²) in [6, 6.07) is 25.4. The van der Waals surface area contributed by atoms with Gasteiger partial charge in [0.05, 0.1) is 32.4 Å². The zero-order valence-electron chi connectivity index (χ0n) is 19.4. The Morgan fingerprint density at radius 3 is 2.40 bits per heavy atom. The fourth-order valence-corrected chi connectivity index (χ4v) is 3.57. The Labute approximate surface area is 202 Å². The maximum absolute atomic E-state index is 12.5. The predicted octanol–water partition coefficient (Wildman–Crippen LogP) is 4.77. The highest BCUT2D eigenvalue weighted by Gasteiger charge is 2.13. The van der Waals surface area contributed by atoms with Crippen molar-refractivity contribution in [2.75, 3.05) is 14.2 Å². The molecule has 0 radical (unpaired) electrons.